The lowest BCUT2D eigenvalue weighted by Gasteiger charge is -2.19. The van der Waals surface area contributed by atoms with Gasteiger partial charge in [-0.05, 0) is 11.1 Å². The van der Waals surface area contributed by atoms with Crippen LogP contribution >= 0.6 is 0 Å². The van der Waals surface area contributed by atoms with Crippen LogP contribution in [0.25, 0.3) is 0 Å². The smallest absolute Gasteiger partial charge is 0.0900 e. The minimum Gasteiger partial charge on any atom is -0.389 e. The second-order valence-electron chi connectivity index (χ2n) is 4.42. The minimum atomic E-state index is -0.427. The van der Waals surface area contributed by atoms with Crippen molar-refractivity contribution < 1.29 is 9.84 Å². The zero-order chi connectivity index (χ0) is 12.1. The van der Waals surface area contributed by atoms with Crippen LogP contribution in [-0.4, -0.2) is 35.9 Å². The largest absolute Gasteiger partial charge is 0.389 e. The molecule has 1 aliphatic heterocycles. The van der Waals surface area contributed by atoms with Crippen molar-refractivity contribution >= 4 is 0 Å². The molecule has 0 spiro atoms. The summed E-state index contributed by atoms with van der Waals surface area (Å²) in [5.41, 5.74) is 2.73. The number of hydrogen-bond acceptors (Lipinski definition) is 3. The Bertz CT molecular complexity index is 353. The van der Waals surface area contributed by atoms with Crippen molar-refractivity contribution in [2.75, 3.05) is 19.8 Å². The molecule has 0 fully saturated rings. The molecular formula is C14H19NO2. The zero-order valence-corrected chi connectivity index (χ0v) is 10.0. The molecule has 0 saturated carbocycles. The van der Waals surface area contributed by atoms with Crippen LogP contribution in [0.1, 0.15) is 11.1 Å². The lowest BCUT2D eigenvalue weighted by Crippen LogP contribution is -2.31. The van der Waals surface area contributed by atoms with Crippen molar-refractivity contribution in [3.63, 3.8) is 0 Å². The van der Waals surface area contributed by atoms with Gasteiger partial charge in [0.25, 0.3) is 0 Å². The van der Waals surface area contributed by atoms with Crippen molar-refractivity contribution in [2.45, 2.75) is 19.2 Å². The van der Waals surface area contributed by atoms with Crippen LogP contribution in [0.5, 0.6) is 0 Å². The minimum absolute atomic E-state index is 0.374. The average molecular weight is 233 g/mol. The molecule has 1 unspecified atom stereocenters. The van der Waals surface area contributed by atoms with Gasteiger partial charge in [0.15, 0.2) is 0 Å². The number of nitrogens with zero attached hydrogens (tertiary/aromatic N) is 1. The van der Waals surface area contributed by atoms with E-state index >= 15 is 0 Å². The van der Waals surface area contributed by atoms with E-state index in [1.165, 1.54) is 11.1 Å². The van der Waals surface area contributed by atoms with Gasteiger partial charge in [-0.15, -0.1) is 6.58 Å². The van der Waals surface area contributed by atoms with Gasteiger partial charge in [0, 0.05) is 19.6 Å². The third kappa shape index (κ3) is 3.40. The first-order valence-corrected chi connectivity index (χ1v) is 5.95. The van der Waals surface area contributed by atoms with Gasteiger partial charge in [-0.25, -0.2) is 0 Å². The highest BCUT2D eigenvalue weighted by Crippen LogP contribution is 2.21. The standard InChI is InChI=1S/C14H19NO2/c1-2-7-17-11-14(16)10-15-8-12-5-3-4-6-13(12)9-15/h2-6,14,16H,1,7-11H2. The van der Waals surface area contributed by atoms with E-state index in [0.29, 0.717) is 19.8 Å². The van der Waals surface area contributed by atoms with Crippen molar-refractivity contribution in [3.05, 3.63) is 48.0 Å². The van der Waals surface area contributed by atoms with Crippen molar-refractivity contribution in [3.8, 4) is 0 Å². The molecule has 3 nitrogen and oxygen atoms in total. The summed E-state index contributed by atoms with van der Waals surface area (Å²) in [5, 5.41) is 9.81. The van der Waals surface area contributed by atoms with Crippen LogP contribution in [0.15, 0.2) is 36.9 Å². The van der Waals surface area contributed by atoms with E-state index < -0.39 is 6.10 Å². The molecular weight excluding hydrogens is 214 g/mol. The molecule has 0 aliphatic carbocycles. The maximum atomic E-state index is 9.81. The molecule has 1 aromatic carbocycles. The second-order valence-corrected chi connectivity index (χ2v) is 4.42. The van der Waals surface area contributed by atoms with Gasteiger partial charge in [0.1, 0.15) is 0 Å². The Hall–Kier alpha value is -1.16. The SMILES string of the molecule is C=CCOCC(O)CN1Cc2ccccc2C1. The number of rotatable bonds is 6. The summed E-state index contributed by atoms with van der Waals surface area (Å²) in [7, 11) is 0. The summed E-state index contributed by atoms with van der Waals surface area (Å²) in [6, 6.07) is 8.42. The summed E-state index contributed by atoms with van der Waals surface area (Å²) in [5.74, 6) is 0. The number of β-amino-alcohol motifs (C(OH)–C–C–N with tert-alkyl or cyclic N) is 1. The normalized spacial score (nSPS) is 16.8. The molecule has 2 rings (SSSR count). The van der Waals surface area contributed by atoms with E-state index in [0.717, 1.165) is 13.1 Å². The third-order valence-corrected chi connectivity index (χ3v) is 2.92. The monoisotopic (exact) mass is 233 g/mol. The summed E-state index contributed by atoms with van der Waals surface area (Å²) >= 11 is 0. The van der Waals surface area contributed by atoms with Crippen LogP contribution in [0.4, 0.5) is 0 Å². The van der Waals surface area contributed by atoms with Gasteiger partial charge in [0.05, 0.1) is 19.3 Å². The van der Waals surface area contributed by atoms with Crippen molar-refractivity contribution in [1.82, 2.24) is 4.90 Å². The molecule has 1 heterocycles. The Labute approximate surface area is 102 Å². The van der Waals surface area contributed by atoms with Crippen molar-refractivity contribution in [2.24, 2.45) is 0 Å². The highest BCUT2D eigenvalue weighted by atomic mass is 16.5. The summed E-state index contributed by atoms with van der Waals surface area (Å²) in [6.07, 6.45) is 1.27. The molecule has 3 heteroatoms. The van der Waals surface area contributed by atoms with Crippen LogP contribution in [0.2, 0.25) is 0 Å². The molecule has 92 valence electrons. The fourth-order valence-electron chi connectivity index (χ4n) is 2.17. The average Bonchev–Trinajstić information content (AvgIpc) is 2.71. The van der Waals surface area contributed by atoms with Gasteiger partial charge < -0.3 is 9.84 Å². The van der Waals surface area contributed by atoms with Crippen LogP contribution in [-0.2, 0) is 17.8 Å². The van der Waals surface area contributed by atoms with Gasteiger partial charge in [-0.2, -0.15) is 0 Å². The number of aliphatic hydroxyl groups is 1. The predicted octanol–water partition coefficient (Wildman–Crippen LogP) is 1.57. The lowest BCUT2D eigenvalue weighted by molar-refractivity contribution is 0.0255. The second kappa shape index (κ2) is 5.96. The third-order valence-electron chi connectivity index (χ3n) is 2.92. The molecule has 0 saturated heterocycles. The fraction of sp³-hybridized carbons (Fsp3) is 0.429. The fourth-order valence-corrected chi connectivity index (χ4v) is 2.17. The molecule has 17 heavy (non-hydrogen) atoms. The van der Waals surface area contributed by atoms with Gasteiger partial charge in [-0.3, -0.25) is 4.90 Å². The summed E-state index contributed by atoms with van der Waals surface area (Å²) < 4.78 is 5.24. The summed E-state index contributed by atoms with van der Waals surface area (Å²) in [6.45, 7) is 6.95. The first kappa shape index (κ1) is 12.3. The highest BCUT2D eigenvalue weighted by Gasteiger charge is 2.20. The van der Waals surface area contributed by atoms with E-state index in [1.807, 2.05) is 0 Å². The van der Waals surface area contributed by atoms with Gasteiger partial charge in [-0.1, -0.05) is 30.3 Å². The summed E-state index contributed by atoms with van der Waals surface area (Å²) in [4.78, 5) is 2.24. The Morgan fingerprint density at radius 2 is 2.00 bits per heavy atom. The number of benzene rings is 1. The topological polar surface area (TPSA) is 32.7 Å². The molecule has 1 aliphatic rings. The maximum absolute atomic E-state index is 9.81. The highest BCUT2D eigenvalue weighted by molar-refractivity contribution is 5.30. The molecule has 0 bridgehead atoms. The van der Waals surface area contributed by atoms with E-state index in [9.17, 15) is 5.11 Å². The quantitative estimate of drug-likeness (QED) is 0.598. The number of fused-ring (bicyclic) bond motifs is 1. The molecule has 0 aromatic heterocycles. The van der Waals surface area contributed by atoms with E-state index in [4.69, 9.17) is 4.74 Å². The van der Waals surface area contributed by atoms with E-state index in [2.05, 4.69) is 35.7 Å². The first-order valence-electron chi connectivity index (χ1n) is 5.95. The van der Waals surface area contributed by atoms with Gasteiger partial charge >= 0.3 is 0 Å². The number of ether oxygens (including phenoxy) is 1. The van der Waals surface area contributed by atoms with Crippen LogP contribution < -0.4 is 0 Å². The molecule has 1 atom stereocenters. The lowest BCUT2D eigenvalue weighted by atomic mass is 10.1. The van der Waals surface area contributed by atoms with Crippen molar-refractivity contribution in [1.29, 1.82) is 0 Å². The Kier molecular flexibility index (Phi) is 4.31. The number of hydrogen-bond donors (Lipinski definition) is 1. The van der Waals surface area contributed by atoms with E-state index in [-0.39, 0.29) is 0 Å². The Morgan fingerprint density at radius 1 is 1.35 bits per heavy atom. The van der Waals surface area contributed by atoms with Crippen LogP contribution in [0.3, 0.4) is 0 Å². The number of aliphatic hydroxyl groups excluding tert-OH is 1. The Balaban J connectivity index is 1.77. The molecule has 0 amide bonds. The first-order chi connectivity index (χ1) is 8.29. The molecule has 1 aromatic rings. The van der Waals surface area contributed by atoms with Gasteiger partial charge in [0.2, 0.25) is 0 Å². The molecule has 1 N–H and O–H groups in total. The predicted molar refractivity (Wildman–Crippen MR) is 67.6 cm³/mol. The maximum Gasteiger partial charge on any atom is 0.0900 e. The van der Waals surface area contributed by atoms with Crippen LogP contribution in [0, 0.1) is 0 Å². The zero-order valence-electron chi connectivity index (χ0n) is 10.0. The Morgan fingerprint density at radius 3 is 2.59 bits per heavy atom. The van der Waals surface area contributed by atoms with E-state index in [1.54, 1.807) is 6.08 Å². The molecule has 0 radical (unpaired) electrons.